The minimum absolute atomic E-state index is 0.0432. The molecule has 0 amide bonds. The van der Waals surface area contributed by atoms with Crippen LogP contribution in [0.2, 0.25) is 0 Å². The van der Waals surface area contributed by atoms with Crippen LogP contribution in [0.1, 0.15) is 104 Å². The molecule has 2 saturated carbocycles. The fraction of sp³-hybridized carbons (Fsp3) is 0.750. The lowest BCUT2D eigenvalue weighted by atomic mass is 9.69. The van der Waals surface area contributed by atoms with Crippen LogP contribution < -0.4 is 9.47 Å². The highest BCUT2D eigenvalue weighted by Crippen LogP contribution is 2.42. The number of esters is 1. The summed E-state index contributed by atoms with van der Waals surface area (Å²) in [5.41, 5.74) is 0. The monoisotopic (exact) mass is 428 g/mol. The zero-order chi connectivity index (χ0) is 21.9. The molecule has 0 aromatic heterocycles. The van der Waals surface area contributed by atoms with Crippen molar-refractivity contribution in [3.05, 3.63) is 24.3 Å². The van der Waals surface area contributed by atoms with Crippen molar-refractivity contribution in [3.63, 3.8) is 0 Å². The van der Waals surface area contributed by atoms with Gasteiger partial charge in [0.2, 0.25) is 0 Å². The maximum absolute atomic E-state index is 12.7. The molecule has 0 saturated heterocycles. The number of carbonyl (C=O) groups excluding carboxylic acids is 1. The number of carbonyl (C=O) groups is 1. The highest BCUT2D eigenvalue weighted by molar-refractivity contribution is 5.75. The maximum atomic E-state index is 12.7. The number of benzene rings is 1. The lowest BCUT2D eigenvalue weighted by Crippen LogP contribution is -2.30. The van der Waals surface area contributed by atoms with E-state index < -0.39 is 0 Å². The van der Waals surface area contributed by atoms with Gasteiger partial charge in [-0.2, -0.15) is 0 Å². The molecular formula is C28H44O3. The van der Waals surface area contributed by atoms with E-state index in [4.69, 9.17) is 9.47 Å². The number of hydrogen-bond acceptors (Lipinski definition) is 3. The summed E-state index contributed by atoms with van der Waals surface area (Å²) < 4.78 is 11.5. The summed E-state index contributed by atoms with van der Waals surface area (Å²) in [5.74, 6) is 4.23. The van der Waals surface area contributed by atoms with Gasteiger partial charge in [0.15, 0.2) is 0 Å². The van der Waals surface area contributed by atoms with E-state index in [-0.39, 0.29) is 11.9 Å². The minimum Gasteiger partial charge on any atom is -0.494 e. The van der Waals surface area contributed by atoms with Crippen molar-refractivity contribution in [1.82, 2.24) is 0 Å². The van der Waals surface area contributed by atoms with Crippen LogP contribution in [0.15, 0.2) is 24.3 Å². The second-order valence-corrected chi connectivity index (χ2v) is 9.98. The first-order valence-electron chi connectivity index (χ1n) is 13.1. The Kier molecular flexibility index (Phi) is 10.2. The van der Waals surface area contributed by atoms with Crippen LogP contribution in [0.25, 0.3) is 0 Å². The Bertz CT molecular complexity index is 622. The van der Waals surface area contributed by atoms with Crippen LogP contribution in [0.3, 0.4) is 0 Å². The van der Waals surface area contributed by atoms with Crippen molar-refractivity contribution in [1.29, 1.82) is 0 Å². The van der Waals surface area contributed by atoms with E-state index in [0.717, 1.165) is 49.4 Å². The molecule has 0 aliphatic heterocycles. The third kappa shape index (κ3) is 7.84. The molecule has 0 bridgehead atoms. The summed E-state index contributed by atoms with van der Waals surface area (Å²) in [6, 6.07) is 7.54. The van der Waals surface area contributed by atoms with Gasteiger partial charge < -0.3 is 9.47 Å². The van der Waals surface area contributed by atoms with E-state index >= 15 is 0 Å². The molecule has 0 N–H and O–H groups in total. The van der Waals surface area contributed by atoms with Gasteiger partial charge in [0, 0.05) is 0 Å². The molecule has 2 aliphatic rings. The van der Waals surface area contributed by atoms with Crippen LogP contribution in [0.5, 0.6) is 11.5 Å². The van der Waals surface area contributed by atoms with Gasteiger partial charge >= 0.3 is 5.97 Å². The molecular weight excluding hydrogens is 384 g/mol. The van der Waals surface area contributed by atoms with E-state index in [1.54, 1.807) is 0 Å². The van der Waals surface area contributed by atoms with E-state index in [1.807, 2.05) is 24.3 Å². The van der Waals surface area contributed by atoms with Gasteiger partial charge in [-0.05, 0) is 87.0 Å². The van der Waals surface area contributed by atoms with Gasteiger partial charge in [-0.15, -0.1) is 0 Å². The Hall–Kier alpha value is -1.51. The van der Waals surface area contributed by atoms with Crippen LogP contribution >= 0.6 is 0 Å². The van der Waals surface area contributed by atoms with Gasteiger partial charge in [0.05, 0.1) is 12.5 Å². The Morgan fingerprint density at radius 2 is 1.39 bits per heavy atom. The maximum Gasteiger partial charge on any atom is 0.314 e. The third-order valence-electron chi connectivity index (χ3n) is 7.67. The van der Waals surface area contributed by atoms with Crippen molar-refractivity contribution in [2.24, 2.45) is 23.7 Å². The molecule has 2 aliphatic carbocycles. The number of rotatable bonds is 11. The predicted molar refractivity (Wildman–Crippen MR) is 128 cm³/mol. The van der Waals surface area contributed by atoms with E-state index in [0.29, 0.717) is 5.75 Å². The summed E-state index contributed by atoms with van der Waals surface area (Å²) >= 11 is 0. The van der Waals surface area contributed by atoms with Gasteiger partial charge in [0.1, 0.15) is 11.5 Å². The molecule has 3 heteroatoms. The number of unbranched alkanes of at least 4 members (excludes halogenated alkanes) is 3. The van der Waals surface area contributed by atoms with Gasteiger partial charge in [-0.25, -0.2) is 0 Å². The highest BCUT2D eigenvalue weighted by Gasteiger charge is 2.33. The summed E-state index contributed by atoms with van der Waals surface area (Å²) in [6.07, 6.45) is 17.6. The molecule has 2 fully saturated rings. The predicted octanol–water partition coefficient (Wildman–Crippen LogP) is 7.96. The molecule has 0 unspecified atom stereocenters. The SMILES string of the molecule is CCCCCCOc1ccc(OC(=O)C2CCC(C3CCC(CCC)CC3)CC2)cc1. The molecule has 3 nitrogen and oxygen atoms in total. The molecule has 1 aromatic rings. The van der Waals surface area contributed by atoms with Gasteiger partial charge in [-0.1, -0.05) is 58.8 Å². The summed E-state index contributed by atoms with van der Waals surface area (Å²) in [5, 5.41) is 0. The summed E-state index contributed by atoms with van der Waals surface area (Å²) in [6.45, 7) is 5.28. The Labute approximate surface area is 190 Å². The first-order valence-corrected chi connectivity index (χ1v) is 13.1. The lowest BCUT2D eigenvalue weighted by Gasteiger charge is -2.37. The van der Waals surface area contributed by atoms with Crippen molar-refractivity contribution in [2.75, 3.05) is 6.61 Å². The second kappa shape index (κ2) is 13.1. The average molecular weight is 429 g/mol. The number of ether oxygens (including phenoxy) is 2. The van der Waals surface area contributed by atoms with Crippen molar-refractivity contribution < 1.29 is 14.3 Å². The molecule has 0 spiro atoms. The zero-order valence-corrected chi connectivity index (χ0v) is 20.0. The third-order valence-corrected chi connectivity index (χ3v) is 7.67. The molecule has 1 aromatic carbocycles. The van der Waals surface area contributed by atoms with Gasteiger partial charge in [-0.3, -0.25) is 4.79 Å². The van der Waals surface area contributed by atoms with Crippen molar-refractivity contribution >= 4 is 5.97 Å². The molecule has 0 heterocycles. The Morgan fingerprint density at radius 1 is 0.774 bits per heavy atom. The highest BCUT2D eigenvalue weighted by atomic mass is 16.5. The zero-order valence-electron chi connectivity index (χ0n) is 20.0. The molecule has 174 valence electrons. The van der Waals surface area contributed by atoms with E-state index in [1.165, 1.54) is 70.6 Å². The second-order valence-electron chi connectivity index (χ2n) is 9.98. The Balaban J connectivity index is 1.35. The first-order chi connectivity index (χ1) is 15.2. The quantitative estimate of drug-likeness (QED) is 0.204. The fourth-order valence-corrected chi connectivity index (χ4v) is 5.71. The van der Waals surface area contributed by atoms with E-state index in [2.05, 4.69) is 13.8 Å². The standard InChI is InChI=1S/C28H44O3/c1-3-5-6-7-21-30-26-17-19-27(20-18-26)31-28(29)25-15-13-24(14-16-25)23-11-9-22(8-4-2)10-12-23/h17-20,22-25H,3-16,21H2,1-2H3. The minimum atomic E-state index is -0.0432. The van der Waals surface area contributed by atoms with E-state index in [9.17, 15) is 4.79 Å². The molecule has 0 radical (unpaired) electrons. The van der Waals surface area contributed by atoms with Crippen molar-refractivity contribution in [3.8, 4) is 11.5 Å². The summed E-state index contributed by atoms with van der Waals surface area (Å²) in [4.78, 5) is 12.7. The largest absolute Gasteiger partial charge is 0.494 e. The van der Waals surface area contributed by atoms with Crippen molar-refractivity contribution in [2.45, 2.75) is 104 Å². The Morgan fingerprint density at radius 3 is 2.00 bits per heavy atom. The van der Waals surface area contributed by atoms with Crippen LogP contribution in [-0.2, 0) is 4.79 Å². The smallest absolute Gasteiger partial charge is 0.314 e. The average Bonchev–Trinajstić information content (AvgIpc) is 2.81. The molecule has 31 heavy (non-hydrogen) atoms. The normalized spacial score (nSPS) is 26.4. The van der Waals surface area contributed by atoms with Crippen LogP contribution in [0.4, 0.5) is 0 Å². The molecule has 3 rings (SSSR count). The summed E-state index contributed by atoms with van der Waals surface area (Å²) in [7, 11) is 0. The fourth-order valence-electron chi connectivity index (χ4n) is 5.71. The first kappa shape index (κ1) is 24.1. The number of hydrogen-bond donors (Lipinski definition) is 0. The van der Waals surface area contributed by atoms with Crippen LogP contribution in [-0.4, -0.2) is 12.6 Å². The van der Waals surface area contributed by atoms with Crippen LogP contribution in [0, 0.1) is 23.7 Å². The lowest BCUT2D eigenvalue weighted by molar-refractivity contribution is -0.140. The topological polar surface area (TPSA) is 35.5 Å². The van der Waals surface area contributed by atoms with Gasteiger partial charge in [0.25, 0.3) is 0 Å². The molecule has 0 atom stereocenters.